The molecule has 1 aliphatic heterocycles. The maximum Gasteiger partial charge on any atom is 0.231 e. The summed E-state index contributed by atoms with van der Waals surface area (Å²) in [5.41, 5.74) is 2.33. The molecule has 0 unspecified atom stereocenters. The molecule has 0 radical (unpaired) electrons. The minimum Gasteiger partial charge on any atom is -0.370 e. The number of hydrogen-bond acceptors (Lipinski definition) is 3. The quantitative estimate of drug-likeness (QED) is 0.712. The van der Waals surface area contributed by atoms with E-state index in [9.17, 15) is 9.18 Å². The Morgan fingerprint density at radius 1 is 1.15 bits per heavy atom. The van der Waals surface area contributed by atoms with Crippen LogP contribution in [0.1, 0.15) is 17.2 Å². The summed E-state index contributed by atoms with van der Waals surface area (Å²) in [7, 11) is 0. The number of morpholine rings is 1. The third kappa shape index (κ3) is 6.34. The first kappa shape index (κ1) is 19.9. The number of aryl methyl sites for hydroxylation is 1. The van der Waals surface area contributed by atoms with Crippen molar-refractivity contribution in [2.75, 3.05) is 38.6 Å². The van der Waals surface area contributed by atoms with Crippen molar-refractivity contribution in [3.63, 3.8) is 0 Å². The van der Waals surface area contributed by atoms with E-state index in [0.717, 1.165) is 43.3 Å². The van der Waals surface area contributed by atoms with Gasteiger partial charge in [0.25, 0.3) is 0 Å². The van der Waals surface area contributed by atoms with Crippen LogP contribution in [0.3, 0.4) is 0 Å². The van der Waals surface area contributed by atoms with Crippen LogP contribution in [0.2, 0.25) is 0 Å². The van der Waals surface area contributed by atoms with Gasteiger partial charge in [-0.1, -0.05) is 29.8 Å². The fourth-order valence-corrected chi connectivity index (χ4v) is 3.83. The second kappa shape index (κ2) is 9.88. The highest BCUT2D eigenvalue weighted by Gasteiger charge is 2.23. The Morgan fingerprint density at radius 2 is 1.81 bits per heavy atom. The predicted octanol–water partition coefficient (Wildman–Crippen LogP) is 2.00. The summed E-state index contributed by atoms with van der Waals surface area (Å²) in [4.78, 5) is 14.9. The molecule has 0 aromatic heterocycles. The summed E-state index contributed by atoms with van der Waals surface area (Å²) in [6, 6.07) is 14.5. The van der Waals surface area contributed by atoms with Gasteiger partial charge in [0.2, 0.25) is 5.91 Å². The number of hydrogen-bond donors (Lipinski definition) is 2. The van der Waals surface area contributed by atoms with Crippen LogP contribution >= 0.6 is 11.8 Å². The normalized spacial score (nSPS) is 16.1. The molecule has 144 valence electrons. The van der Waals surface area contributed by atoms with Crippen LogP contribution < -0.4 is 10.2 Å². The van der Waals surface area contributed by atoms with E-state index in [-0.39, 0.29) is 17.8 Å². The first-order valence-corrected chi connectivity index (χ1v) is 10.2. The topological polar surface area (TPSA) is 42.8 Å². The van der Waals surface area contributed by atoms with Gasteiger partial charge in [0.1, 0.15) is 31.5 Å². The van der Waals surface area contributed by atoms with Crippen LogP contribution in [0.25, 0.3) is 0 Å². The first-order chi connectivity index (χ1) is 13.1. The van der Waals surface area contributed by atoms with E-state index >= 15 is 0 Å². The van der Waals surface area contributed by atoms with Crippen molar-refractivity contribution < 1.29 is 18.8 Å². The predicted molar refractivity (Wildman–Crippen MR) is 106 cm³/mol. The molecule has 2 N–H and O–H groups in total. The number of benzene rings is 2. The number of rotatable bonds is 7. The smallest absolute Gasteiger partial charge is 0.231 e. The van der Waals surface area contributed by atoms with Crippen LogP contribution in [0, 0.1) is 12.7 Å². The van der Waals surface area contributed by atoms with Gasteiger partial charge in [-0.3, -0.25) is 4.79 Å². The molecule has 2 aromatic carbocycles. The molecule has 1 aliphatic rings. The van der Waals surface area contributed by atoms with Crippen LogP contribution in [-0.2, 0) is 9.53 Å². The van der Waals surface area contributed by atoms with Gasteiger partial charge in [-0.25, -0.2) is 4.39 Å². The van der Waals surface area contributed by atoms with E-state index in [1.807, 2.05) is 0 Å². The van der Waals surface area contributed by atoms with Crippen molar-refractivity contribution in [2.45, 2.75) is 17.9 Å². The molecule has 1 amide bonds. The van der Waals surface area contributed by atoms with Crippen molar-refractivity contribution in [1.82, 2.24) is 5.32 Å². The Hall–Kier alpha value is -1.89. The average Bonchev–Trinajstić information content (AvgIpc) is 2.68. The zero-order valence-corrected chi connectivity index (χ0v) is 16.4. The molecule has 0 spiro atoms. The summed E-state index contributed by atoms with van der Waals surface area (Å²) in [6.45, 7) is 6.36. The van der Waals surface area contributed by atoms with Crippen LogP contribution in [0.4, 0.5) is 4.39 Å². The standard InChI is InChI=1S/C21H25FN2O2S/c1-16-2-4-17(5-3-16)20(14-24-10-12-26-13-11-24)23-21(25)15-27-19-8-6-18(22)7-9-19/h2-9,20H,10-15H2,1H3,(H,23,25)/p+1/t20-/m1/s1. The fraction of sp³-hybridized carbons (Fsp3) is 0.381. The largest absolute Gasteiger partial charge is 0.370 e. The van der Waals surface area contributed by atoms with Gasteiger partial charge in [-0.2, -0.15) is 0 Å². The second-order valence-corrected chi connectivity index (χ2v) is 7.89. The van der Waals surface area contributed by atoms with Gasteiger partial charge in [0.05, 0.1) is 19.0 Å². The van der Waals surface area contributed by atoms with E-state index in [0.29, 0.717) is 5.75 Å². The Balaban J connectivity index is 1.61. The van der Waals surface area contributed by atoms with Crippen molar-refractivity contribution in [3.8, 4) is 0 Å². The molecular weight excluding hydrogens is 363 g/mol. The maximum atomic E-state index is 13.0. The Kier molecular flexibility index (Phi) is 7.26. The lowest BCUT2D eigenvalue weighted by molar-refractivity contribution is -0.909. The van der Waals surface area contributed by atoms with Crippen molar-refractivity contribution in [3.05, 3.63) is 65.5 Å². The molecule has 0 bridgehead atoms. The van der Waals surface area contributed by atoms with Crippen LogP contribution in [0.15, 0.2) is 53.4 Å². The number of amides is 1. The highest BCUT2D eigenvalue weighted by Crippen LogP contribution is 2.19. The number of quaternary nitrogens is 1. The minimum absolute atomic E-state index is 0.0115. The van der Waals surface area contributed by atoms with E-state index < -0.39 is 0 Å². The monoisotopic (exact) mass is 389 g/mol. The van der Waals surface area contributed by atoms with Crippen LogP contribution in [-0.4, -0.2) is 44.5 Å². The lowest BCUT2D eigenvalue weighted by Crippen LogP contribution is -3.14. The van der Waals surface area contributed by atoms with E-state index in [1.165, 1.54) is 34.4 Å². The Labute approximate surface area is 164 Å². The molecule has 3 rings (SSSR count). The SMILES string of the molecule is Cc1ccc([C@@H](C[NH+]2CCOCC2)NC(=O)CSc2ccc(F)cc2)cc1. The van der Waals surface area contributed by atoms with E-state index in [4.69, 9.17) is 4.74 Å². The van der Waals surface area contributed by atoms with Crippen molar-refractivity contribution in [1.29, 1.82) is 0 Å². The molecule has 6 heteroatoms. The Bertz CT molecular complexity index is 731. The van der Waals surface area contributed by atoms with E-state index in [2.05, 4.69) is 36.5 Å². The van der Waals surface area contributed by atoms with Gasteiger partial charge in [0.15, 0.2) is 0 Å². The molecular formula is C21H26FN2O2S+. The number of nitrogens with one attached hydrogen (secondary N) is 2. The molecule has 1 fully saturated rings. The third-order valence-corrected chi connectivity index (χ3v) is 5.70. The van der Waals surface area contributed by atoms with Gasteiger partial charge in [-0.05, 0) is 36.8 Å². The summed E-state index contributed by atoms with van der Waals surface area (Å²) in [5, 5.41) is 3.19. The van der Waals surface area contributed by atoms with Crippen LogP contribution in [0.5, 0.6) is 0 Å². The number of thioether (sulfide) groups is 1. The summed E-state index contributed by atoms with van der Waals surface area (Å²) in [6.07, 6.45) is 0. The zero-order valence-electron chi connectivity index (χ0n) is 15.5. The average molecular weight is 390 g/mol. The molecule has 0 saturated carbocycles. The number of halogens is 1. The highest BCUT2D eigenvalue weighted by atomic mass is 32.2. The highest BCUT2D eigenvalue weighted by molar-refractivity contribution is 8.00. The summed E-state index contributed by atoms with van der Waals surface area (Å²) < 4.78 is 18.4. The van der Waals surface area contributed by atoms with Gasteiger partial charge in [-0.15, -0.1) is 11.8 Å². The van der Waals surface area contributed by atoms with E-state index in [1.54, 1.807) is 12.1 Å². The molecule has 0 aliphatic carbocycles. The lowest BCUT2D eigenvalue weighted by Gasteiger charge is -2.28. The zero-order chi connectivity index (χ0) is 19.1. The Morgan fingerprint density at radius 3 is 2.48 bits per heavy atom. The molecule has 27 heavy (non-hydrogen) atoms. The van der Waals surface area contributed by atoms with Gasteiger partial charge >= 0.3 is 0 Å². The maximum absolute atomic E-state index is 13.0. The van der Waals surface area contributed by atoms with Gasteiger partial charge in [0, 0.05) is 4.90 Å². The second-order valence-electron chi connectivity index (χ2n) is 6.84. The number of ether oxygens (including phenoxy) is 1. The molecule has 2 aromatic rings. The number of carbonyl (C=O) groups is 1. The summed E-state index contributed by atoms with van der Waals surface area (Å²) >= 11 is 1.42. The van der Waals surface area contributed by atoms with Gasteiger partial charge < -0.3 is 15.0 Å². The number of carbonyl (C=O) groups excluding carboxylic acids is 1. The molecule has 1 atom stereocenters. The van der Waals surface area contributed by atoms with Crippen molar-refractivity contribution >= 4 is 17.7 Å². The molecule has 1 saturated heterocycles. The first-order valence-electron chi connectivity index (χ1n) is 9.26. The molecule has 4 nitrogen and oxygen atoms in total. The van der Waals surface area contributed by atoms with Crippen molar-refractivity contribution in [2.24, 2.45) is 0 Å². The lowest BCUT2D eigenvalue weighted by atomic mass is 10.0. The molecule has 1 heterocycles. The fourth-order valence-electron chi connectivity index (χ4n) is 3.12. The third-order valence-electron chi connectivity index (χ3n) is 4.69. The summed E-state index contributed by atoms with van der Waals surface area (Å²) in [5.74, 6) is 0.0335. The minimum atomic E-state index is -0.267.